The van der Waals surface area contributed by atoms with Gasteiger partial charge in [0.2, 0.25) is 0 Å². The first-order chi connectivity index (χ1) is 4.09. The van der Waals surface area contributed by atoms with E-state index in [4.69, 9.17) is 10.2 Å². The first-order valence-electron chi connectivity index (χ1n) is 3.14. The number of rotatable bonds is 2. The van der Waals surface area contributed by atoms with Gasteiger partial charge in [0, 0.05) is 0 Å². The minimum atomic E-state index is -0.671. The van der Waals surface area contributed by atoms with Crippen molar-refractivity contribution >= 4 is 0 Å². The molecule has 0 fully saturated rings. The second-order valence-corrected chi connectivity index (χ2v) is 2.31. The van der Waals surface area contributed by atoms with E-state index in [1.54, 1.807) is 13.8 Å². The van der Waals surface area contributed by atoms with E-state index in [1.165, 1.54) is 0 Å². The van der Waals surface area contributed by atoms with Crippen molar-refractivity contribution in [1.82, 2.24) is 0 Å². The van der Waals surface area contributed by atoms with Gasteiger partial charge in [-0.05, 0) is 25.8 Å². The lowest BCUT2D eigenvalue weighted by atomic mass is 10.1. The second kappa shape index (κ2) is 3.51. The summed E-state index contributed by atoms with van der Waals surface area (Å²) >= 11 is 0. The number of aliphatic hydroxyl groups is 2. The lowest BCUT2D eigenvalue weighted by Gasteiger charge is -2.07. The summed E-state index contributed by atoms with van der Waals surface area (Å²) in [5.41, 5.74) is 0.782. The van der Waals surface area contributed by atoms with Crippen LogP contribution in [-0.2, 0) is 0 Å². The molecule has 0 bridgehead atoms. The van der Waals surface area contributed by atoms with Crippen LogP contribution in [0.2, 0.25) is 0 Å². The molecule has 2 nitrogen and oxygen atoms in total. The molecule has 9 heavy (non-hydrogen) atoms. The first kappa shape index (κ1) is 8.50. The number of allylic oxidation sites excluding steroid dienone is 1. The third-order valence-electron chi connectivity index (χ3n) is 1.21. The monoisotopic (exact) mass is 130 g/mol. The summed E-state index contributed by atoms with van der Waals surface area (Å²) in [7, 11) is 0. The van der Waals surface area contributed by atoms with Crippen LogP contribution < -0.4 is 0 Å². The Bertz CT molecular complexity index is 112. The molecule has 0 saturated carbocycles. The Morgan fingerprint density at radius 1 is 1.44 bits per heavy atom. The van der Waals surface area contributed by atoms with E-state index in [-0.39, 0.29) is 5.76 Å². The molecule has 0 aliphatic carbocycles. The van der Waals surface area contributed by atoms with Crippen molar-refractivity contribution in [2.24, 2.45) is 0 Å². The van der Waals surface area contributed by atoms with Crippen LogP contribution in [0.15, 0.2) is 11.3 Å². The zero-order chi connectivity index (χ0) is 7.44. The first-order valence-corrected chi connectivity index (χ1v) is 3.14. The summed E-state index contributed by atoms with van der Waals surface area (Å²) in [5.74, 6) is 0.109. The van der Waals surface area contributed by atoms with E-state index in [1.807, 2.05) is 6.92 Å². The van der Waals surface area contributed by atoms with Gasteiger partial charge in [0.15, 0.2) is 0 Å². The molecule has 0 spiro atoms. The van der Waals surface area contributed by atoms with Gasteiger partial charge in [-0.3, -0.25) is 0 Å². The quantitative estimate of drug-likeness (QED) is 0.557. The molecule has 0 radical (unpaired) electrons. The highest BCUT2D eigenvalue weighted by Gasteiger charge is 2.06. The van der Waals surface area contributed by atoms with Crippen LogP contribution >= 0.6 is 0 Å². The maximum Gasteiger partial charge on any atom is 0.119 e. The lowest BCUT2D eigenvalue weighted by Crippen LogP contribution is -2.08. The topological polar surface area (TPSA) is 40.5 Å². The number of hydrogen-bond donors (Lipinski definition) is 2. The Balaban J connectivity index is 4.02. The van der Waals surface area contributed by atoms with E-state index in [0.29, 0.717) is 6.42 Å². The molecule has 2 heteroatoms. The predicted octanol–water partition coefficient (Wildman–Crippen LogP) is 1.61. The van der Waals surface area contributed by atoms with Gasteiger partial charge in [-0.2, -0.15) is 0 Å². The summed E-state index contributed by atoms with van der Waals surface area (Å²) in [5, 5.41) is 18.0. The Labute approximate surface area is 55.8 Å². The Kier molecular flexibility index (Phi) is 3.32. The van der Waals surface area contributed by atoms with Gasteiger partial charge in [0.05, 0.1) is 0 Å². The van der Waals surface area contributed by atoms with Crippen LogP contribution in [0.1, 0.15) is 27.2 Å². The van der Waals surface area contributed by atoms with Crippen molar-refractivity contribution in [3.8, 4) is 0 Å². The molecule has 0 aromatic carbocycles. The minimum absolute atomic E-state index is 0.109. The lowest BCUT2D eigenvalue weighted by molar-refractivity contribution is 0.147. The highest BCUT2D eigenvalue weighted by molar-refractivity contribution is 5.05. The fraction of sp³-hybridized carbons (Fsp3) is 0.714. The van der Waals surface area contributed by atoms with Gasteiger partial charge in [-0.15, -0.1) is 0 Å². The van der Waals surface area contributed by atoms with E-state index in [0.717, 1.165) is 5.57 Å². The SMILES string of the molecule is CCC(O)C(O)=C(C)C. The van der Waals surface area contributed by atoms with Crippen molar-refractivity contribution in [1.29, 1.82) is 0 Å². The molecule has 1 atom stereocenters. The van der Waals surface area contributed by atoms with Crippen LogP contribution in [0.5, 0.6) is 0 Å². The highest BCUT2D eigenvalue weighted by atomic mass is 16.3. The van der Waals surface area contributed by atoms with E-state index in [9.17, 15) is 0 Å². The maximum atomic E-state index is 9.02. The summed E-state index contributed by atoms with van der Waals surface area (Å²) in [6, 6.07) is 0. The third kappa shape index (κ3) is 2.51. The largest absolute Gasteiger partial charge is 0.510 e. The molecule has 0 aliphatic rings. The molecule has 2 N–H and O–H groups in total. The second-order valence-electron chi connectivity index (χ2n) is 2.31. The molecule has 0 aliphatic heterocycles. The van der Waals surface area contributed by atoms with Crippen LogP contribution in [0.3, 0.4) is 0 Å². The zero-order valence-electron chi connectivity index (χ0n) is 6.18. The van der Waals surface area contributed by atoms with Gasteiger partial charge in [0.25, 0.3) is 0 Å². The standard InChI is InChI=1S/C7H14O2/c1-4-6(8)7(9)5(2)3/h6,8-9H,4H2,1-3H3. The van der Waals surface area contributed by atoms with Crippen molar-refractivity contribution in [2.75, 3.05) is 0 Å². The molecular formula is C7H14O2. The Hall–Kier alpha value is -0.500. The number of aliphatic hydroxyl groups excluding tert-OH is 2. The molecule has 0 rings (SSSR count). The smallest absolute Gasteiger partial charge is 0.119 e. The van der Waals surface area contributed by atoms with Gasteiger partial charge >= 0.3 is 0 Å². The van der Waals surface area contributed by atoms with Crippen molar-refractivity contribution in [2.45, 2.75) is 33.3 Å². The average molecular weight is 130 g/mol. The molecule has 0 aromatic rings. The summed E-state index contributed by atoms with van der Waals surface area (Å²) in [6.07, 6.45) is -0.105. The molecule has 0 aromatic heterocycles. The molecule has 0 heterocycles. The Morgan fingerprint density at radius 2 is 1.89 bits per heavy atom. The van der Waals surface area contributed by atoms with Gasteiger partial charge < -0.3 is 10.2 Å². The summed E-state index contributed by atoms with van der Waals surface area (Å²) < 4.78 is 0. The van der Waals surface area contributed by atoms with Crippen LogP contribution in [0, 0.1) is 0 Å². The molecular weight excluding hydrogens is 116 g/mol. The predicted molar refractivity (Wildman–Crippen MR) is 37.3 cm³/mol. The van der Waals surface area contributed by atoms with Crippen molar-refractivity contribution in [3.63, 3.8) is 0 Å². The summed E-state index contributed by atoms with van der Waals surface area (Å²) in [4.78, 5) is 0. The molecule has 54 valence electrons. The molecule has 0 saturated heterocycles. The maximum absolute atomic E-state index is 9.02. The highest BCUT2D eigenvalue weighted by Crippen LogP contribution is 2.06. The van der Waals surface area contributed by atoms with E-state index >= 15 is 0 Å². The number of hydrogen-bond acceptors (Lipinski definition) is 2. The van der Waals surface area contributed by atoms with Crippen LogP contribution in [-0.4, -0.2) is 16.3 Å². The summed E-state index contributed by atoms with van der Waals surface area (Å²) in [6.45, 7) is 5.37. The van der Waals surface area contributed by atoms with Gasteiger partial charge in [-0.1, -0.05) is 6.92 Å². The molecule has 1 unspecified atom stereocenters. The fourth-order valence-electron chi connectivity index (χ4n) is 0.527. The molecule has 0 amide bonds. The van der Waals surface area contributed by atoms with Crippen LogP contribution in [0.25, 0.3) is 0 Å². The van der Waals surface area contributed by atoms with Crippen LogP contribution in [0.4, 0.5) is 0 Å². The normalized spacial score (nSPS) is 12.9. The Morgan fingerprint density at radius 3 is 2.00 bits per heavy atom. The van der Waals surface area contributed by atoms with E-state index in [2.05, 4.69) is 0 Å². The zero-order valence-corrected chi connectivity index (χ0v) is 6.18. The average Bonchev–Trinajstić information content (AvgIpc) is 1.84. The van der Waals surface area contributed by atoms with Gasteiger partial charge in [0.1, 0.15) is 11.9 Å². The van der Waals surface area contributed by atoms with Crippen molar-refractivity contribution in [3.05, 3.63) is 11.3 Å². The minimum Gasteiger partial charge on any atom is -0.510 e. The third-order valence-corrected chi connectivity index (χ3v) is 1.21. The van der Waals surface area contributed by atoms with Crippen molar-refractivity contribution < 1.29 is 10.2 Å². The van der Waals surface area contributed by atoms with E-state index < -0.39 is 6.10 Å². The van der Waals surface area contributed by atoms with Gasteiger partial charge in [-0.25, -0.2) is 0 Å². The fourth-order valence-corrected chi connectivity index (χ4v) is 0.527.